The van der Waals surface area contributed by atoms with Gasteiger partial charge in [0.2, 0.25) is 0 Å². The topological polar surface area (TPSA) is 47.4 Å². The lowest BCUT2D eigenvalue weighted by molar-refractivity contribution is 0.151. The van der Waals surface area contributed by atoms with Gasteiger partial charge in [0.1, 0.15) is 11.9 Å². The number of aryl methyl sites for hydroxylation is 1. The van der Waals surface area contributed by atoms with E-state index in [0.717, 1.165) is 5.82 Å². The number of hydrogen-bond acceptors (Lipinski definition) is 3. The van der Waals surface area contributed by atoms with E-state index in [-0.39, 0.29) is 12.2 Å². The first-order valence-corrected chi connectivity index (χ1v) is 4.78. The molecule has 5 nitrogen and oxygen atoms in total. The highest BCUT2D eigenvalue weighted by Crippen LogP contribution is 2.20. The van der Waals surface area contributed by atoms with Gasteiger partial charge in [-0.3, -0.25) is 9.58 Å². The molecule has 0 aromatic carbocycles. The van der Waals surface area contributed by atoms with Crippen LogP contribution >= 0.6 is 11.6 Å². The first-order valence-electron chi connectivity index (χ1n) is 4.24. The van der Waals surface area contributed by atoms with Crippen molar-refractivity contribution < 1.29 is 9.53 Å². The van der Waals surface area contributed by atoms with E-state index in [1.54, 1.807) is 24.0 Å². The predicted octanol–water partition coefficient (Wildman–Crippen LogP) is 0.984. The maximum Gasteiger partial charge on any atom is 0.415 e. The standard InChI is InChI=1S/C8H10ClN3O2/c1-11-7(2-3-10-11)12-5-6(4-9)14-8(12)13/h2-3,6H,4-5H2,1H3/t6-/m1/s1. The second kappa shape index (κ2) is 3.49. The largest absolute Gasteiger partial charge is 0.443 e. The van der Waals surface area contributed by atoms with Crippen LogP contribution in [-0.2, 0) is 11.8 Å². The van der Waals surface area contributed by atoms with Crippen LogP contribution in [0.5, 0.6) is 0 Å². The van der Waals surface area contributed by atoms with Crippen molar-refractivity contribution in [3.05, 3.63) is 12.3 Å². The molecule has 1 fully saturated rings. The van der Waals surface area contributed by atoms with Gasteiger partial charge in [0.25, 0.3) is 0 Å². The summed E-state index contributed by atoms with van der Waals surface area (Å²) < 4.78 is 6.64. The van der Waals surface area contributed by atoms with Crippen LogP contribution in [0.25, 0.3) is 0 Å². The number of halogens is 1. The number of aromatic nitrogens is 2. The maximum absolute atomic E-state index is 11.4. The molecule has 6 heteroatoms. The van der Waals surface area contributed by atoms with Gasteiger partial charge in [-0.05, 0) is 0 Å². The van der Waals surface area contributed by atoms with E-state index in [0.29, 0.717) is 12.4 Å². The summed E-state index contributed by atoms with van der Waals surface area (Å²) in [6.07, 6.45) is 1.05. The Kier molecular flexibility index (Phi) is 2.33. The third-order valence-corrected chi connectivity index (χ3v) is 2.46. The molecule has 1 atom stereocenters. The zero-order valence-electron chi connectivity index (χ0n) is 7.68. The van der Waals surface area contributed by atoms with E-state index < -0.39 is 0 Å². The Morgan fingerprint density at radius 2 is 2.57 bits per heavy atom. The van der Waals surface area contributed by atoms with Crippen molar-refractivity contribution in [2.75, 3.05) is 17.3 Å². The van der Waals surface area contributed by atoms with E-state index in [4.69, 9.17) is 16.3 Å². The summed E-state index contributed by atoms with van der Waals surface area (Å²) in [4.78, 5) is 12.9. The molecule has 0 unspecified atom stereocenters. The highest BCUT2D eigenvalue weighted by Gasteiger charge is 2.32. The van der Waals surface area contributed by atoms with Crippen LogP contribution in [0.2, 0.25) is 0 Å². The van der Waals surface area contributed by atoms with Crippen molar-refractivity contribution in [2.45, 2.75) is 6.10 Å². The molecular formula is C8H10ClN3O2. The smallest absolute Gasteiger partial charge is 0.415 e. The summed E-state index contributed by atoms with van der Waals surface area (Å²) >= 11 is 5.61. The van der Waals surface area contributed by atoms with Crippen LogP contribution < -0.4 is 4.90 Å². The number of rotatable bonds is 2. The molecule has 0 aliphatic carbocycles. The van der Waals surface area contributed by atoms with Gasteiger partial charge in [-0.15, -0.1) is 11.6 Å². The second-order valence-electron chi connectivity index (χ2n) is 3.08. The summed E-state index contributed by atoms with van der Waals surface area (Å²) in [5, 5.41) is 3.98. The van der Waals surface area contributed by atoms with Crippen molar-refractivity contribution in [2.24, 2.45) is 7.05 Å². The maximum atomic E-state index is 11.4. The Bertz CT molecular complexity index is 352. The fraction of sp³-hybridized carbons (Fsp3) is 0.500. The number of carbonyl (C=O) groups is 1. The van der Waals surface area contributed by atoms with Crippen molar-refractivity contribution >= 4 is 23.5 Å². The number of cyclic esters (lactones) is 1. The average molecular weight is 216 g/mol. The Labute approximate surface area is 86.2 Å². The molecule has 0 radical (unpaired) electrons. The molecule has 2 heterocycles. The van der Waals surface area contributed by atoms with Gasteiger partial charge in [-0.25, -0.2) is 4.79 Å². The van der Waals surface area contributed by atoms with Crippen LogP contribution in [-0.4, -0.2) is 34.4 Å². The molecule has 1 aromatic heterocycles. The van der Waals surface area contributed by atoms with Crippen LogP contribution in [0, 0.1) is 0 Å². The molecule has 2 rings (SSSR count). The van der Waals surface area contributed by atoms with Crippen LogP contribution in [0.3, 0.4) is 0 Å². The average Bonchev–Trinajstić information content (AvgIpc) is 2.72. The molecule has 14 heavy (non-hydrogen) atoms. The Morgan fingerprint density at radius 1 is 1.79 bits per heavy atom. The monoisotopic (exact) mass is 215 g/mol. The van der Waals surface area contributed by atoms with Crippen LogP contribution in [0.1, 0.15) is 0 Å². The summed E-state index contributed by atoms with van der Waals surface area (Å²) in [6.45, 7) is 0.488. The number of carbonyl (C=O) groups excluding carboxylic acids is 1. The number of hydrogen-bond donors (Lipinski definition) is 0. The molecule has 0 N–H and O–H groups in total. The SMILES string of the molecule is Cn1nccc1N1C[C@@H](CCl)OC1=O. The molecule has 1 aliphatic heterocycles. The van der Waals surface area contributed by atoms with E-state index in [2.05, 4.69) is 5.10 Å². The van der Waals surface area contributed by atoms with Crippen molar-refractivity contribution in [3.8, 4) is 0 Å². The number of anilines is 1. The number of ether oxygens (including phenoxy) is 1. The molecule has 76 valence electrons. The lowest BCUT2D eigenvalue weighted by atomic mass is 10.4. The Balaban J connectivity index is 2.20. The molecule has 0 spiro atoms. The van der Waals surface area contributed by atoms with E-state index in [1.807, 2.05) is 0 Å². The van der Waals surface area contributed by atoms with Crippen LogP contribution in [0.15, 0.2) is 12.3 Å². The van der Waals surface area contributed by atoms with Gasteiger partial charge < -0.3 is 4.74 Å². The molecule has 0 saturated carbocycles. The van der Waals surface area contributed by atoms with Gasteiger partial charge >= 0.3 is 6.09 Å². The summed E-state index contributed by atoms with van der Waals surface area (Å²) in [6, 6.07) is 1.76. The van der Waals surface area contributed by atoms with E-state index in [9.17, 15) is 4.79 Å². The van der Waals surface area contributed by atoms with Gasteiger partial charge in [0.05, 0.1) is 18.6 Å². The molecule has 1 aromatic rings. The summed E-state index contributed by atoms with van der Waals surface area (Å²) in [7, 11) is 1.77. The highest BCUT2D eigenvalue weighted by atomic mass is 35.5. The first kappa shape index (κ1) is 9.33. The number of nitrogens with zero attached hydrogens (tertiary/aromatic N) is 3. The zero-order valence-corrected chi connectivity index (χ0v) is 8.44. The minimum Gasteiger partial charge on any atom is -0.443 e. The zero-order chi connectivity index (χ0) is 10.1. The lowest BCUT2D eigenvalue weighted by Gasteiger charge is -2.11. The second-order valence-corrected chi connectivity index (χ2v) is 3.39. The summed E-state index contributed by atoms with van der Waals surface area (Å²) in [5.41, 5.74) is 0. The third-order valence-electron chi connectivity index (χ3n) is 2.12. The third kappa shape index (κ3) is 1.43. The van der Waals surface area contributed by atoms with Gasteiger partial charge in [-0.2, -0.15) is 5.10 Å². The number of amides is 1. The number of alkyl halides is 1. The van der Waals surface area contributed by atoms with Crippen molar-refractivity contribution in [1.29, 1.82) is 0 Å². The fourth-order valence-corrected chi connectivity index (χ4v) is 1.58. The fourth-order valence-electron chi connectivity index (χ4n) is 1.42. The predicted molar refractivity (Wildman–Crippen MR) is 51.5 cm³/mol. The van der Waals surface area contributed by atoms with Crippen molar-refractivity contribution in [3.63, 3.8) is 0 Å². The van der Waals surface area contributed by atoms with Gasteiger partial charge in [0, 0.05) is 13.1 Å². The summed E-state index contributed by atoms with van der Waals surface area (Å²) in [5.74, 6) is 1.04. The first-order chi connectivity index (χ1) is 6.72. The minimum absolute atomic E-state index is 0.223. The molecule has 0 bridgehead atoms. The van der Waals surface area contributed by atoms with Gasteiger partial charge in [0.15, 0.2) is 0 Å². The van der Waals surface area contributed by atoms with Crippen molar-refractivity contribution in [1.82, 2.24) is 9.78 Å². The lowest BCUT2D eigenvalue weighted by Crippen LogP contribution is -2.26. The quantitative estimate of drug-likeness (QED) is 0.691. The Hall–Kier alpha value is -1.23. The van der Waals surface area contributed by atoms with Crippen LogP contribution in [0.4, 0.5) is 10.6 Å². The molecule has 1 saturated heterocycles. The molecular weight excluding hydrogens is 206 g/mol. The Morgan fingerprint density at radius 3 is 3.07 bits per heavy atom. The normalized spacial score (nSPS) is 21.4. The highest BCUT2D eigenvalue weighted by molar-refractivity contribution is 6.18. The minimum atomic E-state index is -0.362. The molecule has 1 aliphatic rings. The molecule has 1 amide bonds. The van der Waals surface area contributed by atoms with E-state index >= 15 is 0 Å². The van der Waals surface area contributed by atoms with Gasteiger partial charge in [-0.1, -0.05) is 0 Å². The van der Waals surface area contributed by atoms with E-state index in [1.165, 1.54) is 4.90 Å².